The highest BCUT2D eigenvalue weighted by Crippen LogP contribution is 2.32. The number of fused-ring (bicyclic) bond motifs is 3. The Hall–Kier alpha value is -2.08. The number of rotatable bonds is 5. The monoisotopic (exact) mass is 402 g/mol. The Labute approximate surface area is 171 Å². The maximum Gasteiger partial charge on any atom is 0.287 e. The van der Waals surface area contributed by atoms with Gasteiger partial charge in [-0.15, -0.1) is 12.4 Å². The van der Waals surface area contributed by atoms with Crippen LogP contribution in [-0.4, -0.2) is 39.3 Å². The topological polar surface area (TPSA) is 63.5 Å². The van der Waals surface area contributed by atoms with Crippen molar-refractivity contribution in [1.82, 2.24) is 10.6 Å². The largest absolute Gasteiger partial charge is 0.450 e. The van der Waals surface area contributed by atoms with Gasteiger partial charge in [0.15, 0.2) is 5.76 Å². The third kappa shape index (κ3) is 3.75. The molecule has 0 bridgehead atoms. The molecule has 1 amide bonds. The van der Waals surface area contributed by atoms with Gasteiger partial charge in [-0.25, -0.2) is 0 Å². The minimum Gasteiger partial charge on any atom is -0.450 e. The quantitative estimate of drug-likeness (QED) is 0.675. The predicted octanol–water partition coefficient (Wildman–Crippen LogP) is 4.06. The first-order valence-corrected chi connectivity index (χ1v) is 9.52. The first kappa shape index (κ1) is 20.6. The molecule has 1 aliphatic rings. The lowest BCUT2D eigenvalue weighted by Gasteiger charge is -2.37. The second-order valence-corrected chi connectivity index (χ2v) is 7.59. The first-order chi connectivity index (χ1) is 13.1. The molecule has 3 aromatic rings. The third-order valence-corrected chi connectivity index (χ3v) is 5.77. The van der Waals surface area contributed by atoms with Crippen LogP contribution in [0.3, 0.4) is 0 Å². The molecule has 0 aliphatic carbocycles. The Morgan fingerprint density at radius 1 is 1.18 bits per heavy atom. The number of amides is 1. The number of hydrogen-bond donors (Lipinski definition) is 2. The smallest absolute Gasteiger partial charge is 0.287 e. The zero-order valence-corrected chi connectivity index (χ0v) is 17.2. The van der Waals surface area contributed by atoms with Crippen LogP contribution < -0.4 is 10.6 Å². The van der Waals surface area contributed by atoms with Crippen molar-refractivity contribution in [2.24, 2.45) is 5.41 Å². The van der Waals surface area contributed by atoms with E-state index in [1.807, 2.05) is 31.2 Å². The molecule has 1 fully saturated rings. The molecule has 2 heterocycles. The van der Waals surface area contributed by atoms with Crippen LogP contribution in [-0.2, 0) is 4.74 Å². The summed E-state index contributed by atoms with van der Waals surface area (Å²) in [6.07, 6.45) is 1.98. The summed E-state index contributed by atoms with van der Waals surface area (Å²) in [5.74, 6) is 0.254. The molecule has 0 unspecified atom stereocenters. The van der Waals surface area contributed by atoms with Gasteiger partial charge >= 0.3 is 0 Å². The van der Waals surface area contributed by atoms with Gasteiger partial charge in [0.2, 0.25) is 0 Å². The van der Waals surface area contributed by atoms with Crippen molar-refractivity contribution in [1.29, 1.82) is 0 Å². The van der Waals surface area contributed by atoms with Gasteiger partial charge in [0, 0.05) is 35.4 Å². The number of nitrogens with one attached hydrogen (secondary N) is 2. The predicted molar refractivity (Wildman–Crippen MR) is 114 cm³/mol. The van der Waals surface area contributed by atoms with Crippen LogP contribution in [0.2, 0.25) is 0 Å². The maximum atomic E-state index is 12.9. The van der Waals surface area contributed by atoms with Crippen molar-refractivity contribution >= 4 is 40.1 Å². The van der Waals surface area contributed by atoms with Gasteiger partial charge in [-0.2, -0.15) is 0 Å². The van der Waals surface area contributed by atoms with E-state index in [2.05, 4.69) is 22.8 Å². The standard InChI is InChI=1S/C22H26N2O3.ClH/c1-15-17-8-7-16-5-3-4-6-18(16)20(17)27-19(15)21(25)24-13-22(14-26-2)9-11-23-12-10-22;/h3-8,23H,9-14H2,1-2H3,(H,24,25);1H. The molecule has 1 saturated heterocycles. The van der Waals surface area contributed by atoms with E-state index in [9.17, 15) is 4.79 Å². The number of halogens is 1. The summed E-state index contributed by atoms with van der Waals surface area (Å²) in [5, 5.41) is 9.62. The van der Waals surface area contributed by atoms with Crippen molar-refractivity contribution in [3.05, 3.63) is 47.7 Å². The number of hydrogen-bond acceptors (Lipinski definition) is 4. The van der Waals surface area contributed by atoms with Crippen LogP contribution in [0, 0.1) is 12.3 Å². The third-order valence-electron chi connectivity index (χ3n) is 5.77. The van der Waals surface area contributed by atoms with E-state index in [-0.39, 0.29) is 23.7 Å². The van der Waals surface area contributed by atoms with Crippen LogP contribution >= 0.6 is 12.4 Å². The number of furan rings is 1. The van der Waals surface area contributed by atoms with Gasteiger partial charge in [0.25, 0.3) is 5.91 Å². The lowest BCUT2D eigenvalue weighted by atomic mass is 9.79. The number of methoxy groups -OCH3 is 1. The van der Waals surface area contributed by atoms with Gasteiger partial charge in [0.05, 0.1) is 6.61 Å². The second-order valence-electron chi connectivity index (χ2n) is 7.59. The van der Waals surface area contributed by atoms with Gasteiger partial charge < -0.3 is 19.8 Å². The Bertz CT molecular complexity index is 971. The number of benzene rings is 2. The zero-order valence-electron chi connectivity index (χ0n) is 16.3. The van der Waals surface area contributed by atoms with Gasteiger partial charge in [-0.05, 0) is 38.2 Å². The second kappa shape index (κ2) is 8.52. The van der Waals surface area contributed by atoms with E-state index in [0.717, 1.165) is 53.2 Å². The molecule has 5 nitrogen and oxygen atoms in total. The van der Waals surface area contributed by atoms with Crippen LogP contribution in [0.4, 0.5) is 0 Å². The highest BCUT2D eigenvalue weighted by atomic mass is 35.5. The molecular weight excluding hydrogens is 376 g/mol. The number of carbonyl (C=O) groups is 1. The molecule has 0 spiro atoms. The lowest BCUT2D eigenvalue weighted by Crippen LogP contribution is -2.47. The molecule has 4 rings (SSSR count). The van der Waals surface area contributed by atoms with Crippen molar-refractivity contribution in [3.8, 4) is 0 Å². The fraction of sp³-hybridized carbons (Fsp3) is 0.409. The van der Waals surface area contributed by atoms with E-state index in [0.29, 0.717) is 18.9 Å². The fourth-order valence-corrected chi connectivity index (χ4v) is 4.15. The summed E-state index contributed by atoms with van der Waals surface area (Å²) >= 11 is 0. The first-order valence-electron chi connectivity index (χ1n) is 9.52. The summed E-state index contributed by atoms with van der Waals surface area (Å²) < 4.78 is 11.5. The summed E-state index contributed by atoms with van der Waals surface area (Å²) in [4.78, 5) is 12.9. The summed E-state index contributed by atoms with van der Waals surface area (Å²) in [6.45, 7) is 5.10. The minimum atomic E-state index is -0.151. The number of piperidine rings is 1. The fourth-order valence-electron chi connectivity index (χ4n) is 4.15. The minimum absolute atomic E-state index is 0. The summed E-state index contributed by atoms with van der Waals surface area (Å²) in [6, 6.07) is 12.2. The molecule has 1 aliphatic heterocycles. The van der Waals surface area contributed by atoms with Crippen LogP contribution in [0.25, 0.3) is 21.7 Å². The number of carbonyl (C=O) groups excluding carboxylic acids is 1. The molecule has 0 saturated carbocycles. The van der Waals surface area contributed by atoms with Gasteiger partial charge in [-0.1, -0.05) is 36.4 Å². The van der Waals surface area contributed by atoms with Crippen molar-refractivity contribution < 1.29 is 13.9 Å². The SMILES string of the molecule is COCC1(CNC(=O)c2oc3c(ccc4ccccc43)c2C)CCNCC1.Cl. The number of aryl methyl sites for hydroxylation is 1. The van der Waals surface area contributed by atoms with E-state index in [1.54, 1.807) is 7.11 Å². The van der Waals surface area contributed by atoms with Gasteiger partial charge in [-0.3, -0.25) is 4.79 Å². The Morgan fingerprint density at radius 2 is 1.93 bits per heavy atom. The number of ether oxygens (including phenoxy) is 1. The molecule has 2 aromatic carbocycles. The molecule has 0 radical (unpaired) electrons. The van der Waals surface area contributed by atoms with Crippen molar-refractivity contribution in [2.45, 2.75) is 19.8 Å². The average molecular weight is 403 g/mol. The molecule has 2 N–H and O–H groups in total. The van der Waals surface area contributed by atoms with Crippen LogP contribution in [0.15, 0.2) is 40.8 Å². The molecule has 0 atom stereocenters. The molecule has 1 aromatic heterocycles. The molecule has 150 valence electrons. The van der Waals surface area contributed by atoms with E-state index in [4.69, 9.17) is 9.15 Å². The van der Waals surface area contributed by atoms with Crippen molar-refractivity contribution in [2.75, 3.05) is 33.4 Å². The highest BCUT2D eigenvalue weighted by Gasteiger charge is 2.33. The summed E-state index contributed by atoms with van der Waals surface area (Å²) in [7, 11) is 1.72. The molecular formula is C22H27ClN2O3. The maximum absolute atomic E-state index is 12.9. The van der Waals surface area contributed by atoms with Crippen molar-refractivity contribution in [3.63, 3.8) is 0 Å². The summed E-state index contributed by atoms with van der Waals surface area (Å²) in [5.41, 5.74) is 1.66. The Morgan fingerprint density at radius 3 is 2.68 bits per heavy atom. The van der Waals surface area contributed by atoms with E-state index >= 15 is 0 Å². The normalized spacial score (nSPS) is 16.1. The van der Waals surface area contributed by atoms with Crippen LogP contribution in [0.1, 0.15) is 29.0 Å². The lowest BCUT2D eigenvalue weighted by molar-refractivity contribution is 0.0506. The molecule has 28 heavy (non-hydrogen) atoms. The Balaban J connectivity index is 0.00000225. The van der Waals surface area contributed by atoms with E-state index < -0.39 is 0 Å². The van der Waals surface area contributed by atoms with Gasteiger partial charge in [0.1, 0.15) is 5.58 Å². The van der Waals surface area contributed by atoms with Crippen LogP contribution in [0.5, 0.6) is 0 Å². The zero-order chi connectivity index (χ0) is 18.9. The van der Waals surface area contributed by atoms with E-state index in [1.165, 1.54) is 0 Å². The highest BCUT2D eigenvalue weighted by molar-refractivity contribution is 6.08. The Kier molecular flexibility index (Phi) is 6.28. The molecule has 6 heteroatoms. The average Bonchev–Trinajstić information content (AvgIpc) is 3.04.